The average Bonchev–Trinajstić information content (AvgIpc) is 2.59. The molecular formula is C18H17N3O3S. The highest BCUT2D eigenvalue weighted by Crippen LogP contribution is 2.32. The van der Waals surface area contributed by atoms with Gasteiger partial charge in [0.25, 0.3) is 0 Å². The maximum atomic E-state index is 12.2. The number of hydrogen-bond acceptors (Lipinski definition) is 6. The number of nitrogens with zero attached hydrogens (tertiary/aromatic N) is 2. The molecule has 1 aromatic heterocycles. The number of nitriles is 1. The van der Waals surface area contributed by atoms with Crippen molar-refractivity contribution in [3.8, 4) is 17.6 Å². The van der Waals surface area contributed by atoms with Crippen LogP contribution in [0.5, 0.6) is 11.5 Å². The summed E-state index contributed by atoms with van der Waals surface area (Å²) in [5, 5.41) is 12.7. The number of benzene rings is 1. The first-order valence-corrected chi connectivity index (χ1v) is 8.76. The normalized spacial score (nSPS) is 12.4. The molecule has 0 saturated carbocycles. The monoisotopic (exact) mass is 355 g/mol. The zero-order valence-corrected chi connectivity index (χ0v) is 14.8. The topological polar surface area (TPSA) is 84.2 Å². The molecule has 25 heavy (non-hydrogen) atoms. The van der Waals surface area contributed by atoms with Crippen LogP contribution in [0.15, 0.2) is 29.3 Å². The van der Waals surface area contributed by atoms with Gasteiger partial charge in [0.05, 0.1) is 11.3 Å². The summed E-state index contributed by atoms with van der Waals surface area (Å²) in [7, 11) is 0. The third-order valence-electron chi connectivity index (χ3n) is 3.59. The van der Waals surface area contributed by atoms with Crippen molar-refractivity contribution in [2.24, 2.45) is 0 Å². The molecule has 0 saturated heterocycles. The minimum atomic E-state index is -0.175. The maximum absolute atomic E-state index is 12.2. The molecule has 0 unspecified atom stereocenters. The number of carbonyl (C=O) groups is 1. The van der Waals surface area contributed by atoms with E-state index in [1.165, 1.54) is 11.8 Å². The van der Waals surface area contributed by atoms with Crippen LogP contribution >= 0.6 is 11.8 Å². The van der Waals surface area contributed by atoms with Crippen LogP contribution in [0.4, 0.5) is 5.69 Å². The fourth-order valence-corrected chi connectivity index (χ4v) is 3.39. The molecule has 7 heteroatoms. The van der Waals surface area contributed by atoms with Gasteiger partial charge < -0.3 is 14.8 Å². The van der Waals surface area contributed by atoms with Crippen molar-refractivity contribution < 1.29 is 14.3 Å². The minimum Gasteiger partial charge on any atom is -0.486 e. The van der Waals surface area contributed by atoms with Crippen molar-refractivity contribution in [2.75, 3.05) is 24.3 Å². The van der Waals surface area contributed by atoms with E-state index in [2.05, 4.69) is 16.4 Å². The molecule has 3 rings (SSSR count). The van der Waals surface area contributed by atoms with Crippen LogP contribution in [-0.4, -0.2) is 29.9 Å². The van der Waals surface area contributed by atoms with E-state index in [4.69, 9.17) is 9.47 Å². The van der Waals surface area contributed by atoms with Crippen LogP contribution in [-0.2, 0) is 4.79 Å². The summed E-state index contributed by atoms with van der Waals surface area (Å²) in [4.78, 5) is 16.6. The Balaban J connectivity index is 1.65. The van der Waals surface area contributed by atoms with Crippen molar-refractivity contribution in [2.45, 2.75) is 18.9 Å². The number of anilines is 1. The number of aryl methyl sites for hydroxylation is 2. The van der Waals surface area contributed by atoms with Gasteiger partial charge in [-0.1, -0.05) is 11.8 Å². The van der Waals surface area contributed by atoms with Gasteiger partial charge in [-0.2, -0.15) is 5.26 Å². The largest absolute Gasteiger partial charge is 0.486 e. The lowest BCUT2D eigenvalue weighted by Crippen LogP contribution is -2.17. The maximum Gasteiger partial charge on any atom is 0.234 e. The number of amides is 1. The van der Waals surface area contributed by atoms with Gasteiger partial charge in [0, 0.05) is 17.4 Å². The SMILES string of the molecule is Cc1cc(C)c(C#N)c(SCC(=O)Nc2ccc3c(c2)OCCO3)n1. The molecule has 0 fully saturated rings. The Kier molecular flexibility index (Phi) is 5.10. The fourth-order valence-electron chi connectivity index (χ4n) is 2.50. The summed E-state index contributed by atoms with van der Waals surface area (Å²) in [5.74, 6) is 1.29. The zero-order valence-electron chi connectivity index (χ0n) is 14.0. The summed E-state index contributed by atoms with van der Waals surface area (Å²) in [5.41, 5.74) is 2.85. The molecule has 2 aromatic rings. The predicted octanol–water partition coefficient (Wildman–Crippen LogP) is 3.07. The third kappa shape index (κ3) is 4.03. The molecule has 1 amide bonds. The second kappa shape index (κ2) is 7.45. The highest BCUT2D eigenvalue weighted by molar-refractivity contribution is 8.00. The molecule has 1 aliphatic rings. The van der Waals surface area contributed by atoms with E-state index in [1.54, 1.807) is 18.2 Å². The molecule has 0 bridgehead atoms. The van der Waals surface area contributed by atoms with E-state index >= 15 is 0 Å². The van der Waals surface area contributed by atoms with Crippen LogP contribution in [0.25, 0.3) is 0 Å². The quantitative estimate of drug-likeness (QED) is 0.849. The van der Waals surface area contributed by atoms with Crippen LogP contribution in [0.2, 0.25) is 0 Å². The minimum absolute atomic E-state index is 0.166. The summed E-state index contributed by atoms with van der Waals surface area (Å²) in [6.07, 6.45) is 0. The number of rotatable bonds is 4. The predicted molar refractivity (Wildman–Crippen MR) is 95.2 cm³/mol. The zero-order chi connectivity index (χ0) is 17.8. The van der Waals surface area contributed by atoms with E-state index < -0.39 is 0 Å². The van der Waals surface area contributed by atoms with Crippen LogP contribution in [0.3, 0.4) is 0 Å². The molecule has 1 N–H and O–H groups in total. The van der Waals surface area contributed by atoms with Gasteiger partial charge in [0.2, 0.25) is 5.91 Å². The lowest BCUT2D eigenvalue weighted by molar-refractivity contribution is -0.113. The van der Waals surface area contributed by atoms with E-state index in [1.807, 2.05) is 19.9 Å². The summed E-state index contributed by atoms with van der Waals surface area (Å²) in [6.45, 7) is 4.76. The standard InChI is InChI=1S/C18H17N3O3S/c1-11-7-12(2)20-18(14(11)9-19)25-10-17(22)21-13-3-4-15-16(8-13)24-6-5-23-15/h3-4,7-8H,5-6,10H2,1-2H3,(H,21,22). The first kappa shape index (κ1) is 17.1. The molecule has 0 spiro atoms. The smallest absolute Gasteiger partial charge is 0.234 e. The van der Waals surface area contributed by atoms with Crippen molar-refractivity contribution in [1.29, 1.82) is 5.26 Å². The van der Waals surface area contributed by atoms with Crippen molar-refractivity contribution in [1.82, 2.24) is 4.98 Å². The molecule has 1 aromatic carbocycles. The summed E-state index contributed by atoms with van der Waals surface area (Å²) >= 11 is 1.25. The number of nitrogens with one attached hydrogen (secondary N) is 1. The van der Waals surface area contributed by atoms with Crippen LogP contribution in [0.1, 0.15) is 16.8 Å². The van der Waals surface area contributed by atoms with Gasteiger partial charge in [0.15, 0.2) is 11.5 Å². The average molecular weight is 355 g/mol. The number of fused-ring (bicyclic) bond motifs is 1. The van der Waals surface area contributed by atoms with E-state index in [0.29, 0.717) is 41.0 Å². The molecular weight excluding hydrogens is 338 g/mol. The van der Waals surface area contributed by atoms with Gasteiger partial charge >= 0.3 is 0 Å². The molecule has 0 aliphatic carbocycles. The van der Waals surface area contributed by atoms with Gasteiger partial charge in [0.1, 0.15) is 24.3 Å². The Morgan fingerprint density at radius 3 is 2.80 bits per heavy atom. The second-order valence-corrected chi connectivity index (χ2v) is 6.53. The number of pyridine rings is 1. The first-order chi connectivity index (χ1) is 12.1. The fraction of sp³-hybridized carbons (Fsp3) is 0.278. The van der Waals surface area contributed by atoms with Gasteiger partial charge in [-0.25, -0.2) is 4.98 Å². The Morgan fingerprint density at radius 1 is 1.28 bits per heavy atom. The van der Waals surface area contributed by atoms with Crippen LogP contribution < -0.4 is 14.8 Å². The lowest BCUT2D eigenvalue weighted by Gasteiger charge is -2.19. The van der Waals surface area contributed by atoms with E-state index in [0.717, 1.165) is 11.3 Å². The molecule has 128 valence electrons. The number of aromatic nitrogens is 1. The third-order valence-corrected chi connectivity index (χ3v) is 4.56. The first-order valence-electron chi connectivity index (χ1n) is 7.77. The second-order valence-electron chi connectivity index (χ2n) is 5.57. The Hall–Kier alpha value is -2.72. The number of carbonyl (C=O) groups excluding carboxylic acids is 1. The Morgan fingerprint density at radius 2 is 2.04 bits per heavy atom. The highest BCUT2D eigenvalue weighted by Gasteiger charge is 2.14. The number of thioether (sulfide) groups is 1. The van der Waals surface area contributed by atoms with Gasteiger partial charge in [-0.3, -0.25) is 4.79 Å². The number of ether oxygens (including phenoxy) is 2. The van der Waals surface area contributed by atoms with E-state index in [-0.39, 0.29) is 11.7 Å². The van der Waals surface area contributed by atoms with E-state index in [9.17, 15) is 10.1 Å². The Bertz CT molecular complexity index is 861. The molecule has 6 nitrogen and oxygen atoms in total. The Labute approximate surface area is 150 Å². The van der Waals surface area contributed by atoms with Crippen molar-refractivity contribution in [3.63, 3.8) is 0 Å². The number of hydrogen-bond donors (Lipinski definition) is 1. The lowest BCUT2D eigenvalue weighted by atomic mass is 10.1. The summed E-state index contributed by atoms with van der Waals surface area (Å²) < 4.78 is 11.0. The van der Waals surface area contributed by atoms with Crippen molar-refractivity contribution in [3.05, 3.63) is 41.1 Å². The molecule has 0 atom stereocenters. The van der Waals surface area contributed by atoms with Crippen LogP contribution in [0, 0.1) is 25.2 Å². The highest BCUT2D eigenvalue weighted by atomic mass is 32.2. The molecule has 1 aliphatic heterocycles. The van der Waals surface area contributed by atoms with Gasteiger partial charge in [-0.15, -0.1) is 0 Å². The molecule has 2 heterocycles. The van der Waals surface area contributed by atoms with Gasteiger partial charge in [-0.05, 0) is 37.6 Å². The van der Waals surface area contributed by atoms with Crippen molar-refractivity contribution >= 4 is 23.4 Å². The molecule has 0 radical (unpaired) electrons. The summed E-state index contributed by atoms with van der Waals surface area (Å²) in [6, 6.07) is 9.30.